The van der Waals surface area contributed by atoms with Gasteiger partial charge in [0.05, 0.1) is 0 Å². The predicted octanol–water partition coefficient (Wildman–Crippen LogP) is 10.1. The van der Waals surface area contributed by atoms with Crippen molar-refractivity contribution in [3.63, 3.8) is 0 Å². The molecular weight excluding hydrogens is 574 g/mol. The van der Waals surface area contributed by atoms with Crippen LogP contribution in [0, 0.1) is 17.8 Å². The third kappa shape index (κ3) is 10.7. The number of hydrogen-bond acceptors (Lipinski definition) is 3. The Morgan fingerprint density at radius 3 is 1.91 bits per heavy atom. The average Bonchev–Trinajstić information content (AvgIpc) is 3.46. The molecule has 4 rings (SSSR count). The molecule has 1 N–H and O–H groups in total. The number of benzene rings is 2. The number of nitrogens with zero attached hydrogens (tertiary/aromatic N) is 2. The van der Waals surface area contributed by atoms with Crippen molar-refractivity contribution in [2.45, 2.75) is 144 Å². The van der Waals surface area contributed by atoms with E-state index in [2.05, 4.69) is 120 Å². The van der Waals surface area contributed by atoms with Gasteiger partial charge in [-0.25, -0.2) is 0 Å². The van der Waals surface area contributed by atoms with E-state index in [4.69, 9.17) is 0 Å². The second-order valence-electron chi connectivity index (χ2n) is 16.5. The Morgan fingerprint density at radius 2 is 1.34 bits per heavy atom. The highest BCUT2D eigenvalue weighted by atomic mass is 16.2. The fourth-order valence-corrected chi connectivity index (χ4v) is 8.72. The van der Waals surface area contributed by atoms with E-state index in [0.29, 0.717) is 59.8 Å². The Balaban J connectivity index is 1.70. The largest absolute Gasteiger partial charge is 0.340 e. The van der Waals surface area contributed by atoms with Crippen LogP contribution in [0.4, 0.5) is 0 Å². The summed E-state index contributed by atoms with van der Waals surface area (Å²) in [6.07, 6.45) is 7.35. The molecule has 2 aliphatic rings. The molecule has 0 radical (unpaired) electrons. The molecule has 2 aromatic rings. The summed E-state index contributed by atoms with van der Waals surface area (Å²) in [6, 6.07) is 17.5. The third-order valence-electron chi connectivity index (χ3n) is 11.3. The number of amides is 1. The smallest absolute Gasteiger partial charge is 0.222 e. The molecule has 5 atom stereocenters. The van der Waals surface area contributed by atoms with Crippen LogP contribution in [0.25, 0.3) is 0 Å². The summed E-state index contributed by atoms with van der Waals surface area (Å²) in [4.78, 5) is 17.9. The van der Waals surface area contributed by atoms with Crippen LogP contribution < -0.4 is 5.32 Å². The molecule has 1 amide bonds. The van der Waals surface area contributed by atoms with Gasteiger partial charge in [-0.2, -0.15) is 0 Å². The maximum absolute atomic E-state index is 13.0. The van der Waals surface area contributed by atoms with Crippen LogP contribution >= 0.6 is 0 Å². The monoisotopic (exact) mass is 644 g/mol. The topological polar surface area (TPSA) is 35.6 Å². The molecule has 2 aromatic carbocycles. The summed E-state index contributed by atoms with van der Waals surface area (Å²) in [5.74, 6) is 4.29. The zero-order chi connectivity index (χ0) is 34.1. The molecule has 2 aliphatic heterocycles. The second kappa shape index (κ2) is 18.0. The van der Waals surface area contributed by atoms with Crippen LogP contribution in [0.2, 0.25) is 0 Å². The zero-order valence-corrected chi connectivity index (χ0v) is 31.7. The number of piperazine rings is 1. The fraction of sp³-hybridized carbons (Fsp3) is 0.698. The standard InChI is InChI=1S/C43H69N3O/c1-10-40(46-21-11-12-43(46)47)27-38(28-42(32(6)7)36-15-13-35(14-16-36)33(8)24-30(2)3)37-17-18-41(34(9)25-31(4)5)39(26-37)29-45-22-19-44-20-23-45/h13-18,26,30-34,38,40,42,44H,10-12,19-25,27-29H2,1-9H3. The van der Waals surface area contributed by atoms with Gasteiger partial charge in [0.25, 0.3) is 0 Å². The van der Waals surface area contributed by atoms with E-state index in [1.807, 2.05) is 0 Å². The van der Waals surface area contributed by atoms with E-state index in [0.717, 1.165) is 65.0 Å². The highest BCUT2D eigenvalue weighted by Crippen LogP contribution is 2.41. The Morgan fingerprint density at radius 1 is 0.723 bits per heavy atom. The number of hydrogen-bond donors (Lipinski definition) is 1. The van der Waals surface area contributed by atoms with Gasteiger partial charge in [0.2, 0.25) is 5.91 Å². The summed E-state index contributed by atoms with van der Waals surface area (Å²) in [5, 5.41) is 3.54. The van der Waals surface area contributed by atoms with Gasteiger partial charge in [-0.05, 0) is 108 Å². The van der Waals surface area contributed by atoms with E-state index in [1.54, 1.807) is 0 Å². The van der Waals surface area contributed by atoms with Gasteiger partial charge < -0.3 is 10.2 Å². The summed E-state index contributed by atoms with van der Waals surface area (Å²) >= 11 is 0. The molecule has 4 nitrogen and oxygen atoms in total. The van der Waals surface area contributed by atoms with Crippen LogP contribution in [0.3, 0.4) is 0 Å². The Bertz CT molecular complexity index is 1230. The summed E-state index contributed by atoms with van der Waals surface area (Å²) in [6.45, 7) is 27.6. The first-order valence-corrected chi connectivity index (χ1v) is 19.4. The molecule has 2 saturated heterocycles. The third-order valence-corrected chi connectivity index (χ3v) is 11.3. The maximum Gasteiger partial charge on any atom is 0.222 e. The molecule has 5 unspecified atom stereocenters. The summed E-state index contributed by atoms with van der Waals surface area (Å²) < 4.78 is 0. The second-order valence-corrected chi connectivity index (χ2v) is 16.5. The van der Waals surface area contributed by atoms with E-state index in [1.165, 1.54) is 40.7 Å². The lowest BCUT2D eigenvalue weighted by molar-refractivity contribution is -0.129. The molecule has 2 fully saturated rings. The lowest BCUT2D eigenvalue weighted by atomic mass is 9.75. The van der Waals surface area contributed by atoms with Crippen LogP contribution in [-0.2, 0) is 11.3 Å². The minimum Gasteiger partial charge on any atom is -0.340 e. The fourth-order valence-electron chi connectivity index (χ4n) is 8.72. The number of carbonyl (C=O) groups is 1. The quantitative estimate of drug-likeness (QED) is 0.186. The molecule has 4 heteroatoms. The van der Waals surface area contributed by atoms with Gasteiger partial charge in [-0.3, -0.25) is 9.69 Å². The lowest BCUT2D eigenvalue weighted by Crippen LogP contribution is -2.43. The van der Waals surface area contributed by atoms with Crippen molar-refractivity contribution < 1.29 is 4.79 Å². The molecule has 262 valence electrons. The van der Waals surface area contributed by atoms with E-state index in [-0.39, 0.29) is 0 Å². The van der Waals surface area contributed by atoms with Crippen molar-refractivity contribution in [1.29, 1.82) is 0 Å². The van der Waals surface area contributed by atoms with Crippen LogP contribution in [0.5, 0.6) is 0 Å². The molecule has 0 spiro atoms. The number of likely N-dealkylation sites (tertiary alicyclic amines) is 1. The van der Waals surface area contributed by atoms with E-state index in [9.17, 15) is 4.79 Å². The SMILES string of the molecule is CCC(CC(CC(c1ccc(C(C)CC(C)C)cc1)C(C)C)c1ccc(C(C)CC(C)C)c(CN2CCNCC2)c1)N1CCCC1=O. The van der Waals surface area contributed by atoms with Gasteiger partial charge in [0.15, 0.2) is 0 Å². The summed E-state index contributed by atoms with van der Waals surface area (Å²) in [7, 11) is 0. The average molecular weight is 644 g/mol. The molecule has 0 aliphatic carbocycles. The van der Waals surface area contributed by atoms with Crippen LogP contribution in [0.1, 0.15) is 159 Å². The van der Waals surface area contributed by atoms with E-state index < -0.39 is 0 Å². The van der Waals surface area contributed by atoms with Crippen molar-refractivity contribution in [3.05, 3.63) is 70.3 Å². The highest BCUT2D eigenvalue weighted by Gasteiger charge is 2.32. The molecule has 0 aromatic heterocycles. The minimum atomic E-state index is 0.304. The van der Waals surface area contributed by atoms with Crippen molar-refractivity contribution >= 4 is 5.91 Å². The molecule has 0 bridgehead atoms. The van der Waals surface area contributed by atoms with Crippen molar-refractivity contribution in [1.82, 2.24) is 15.1 Å². The van der Waals surface area contributed by atoms with Gasteiger partial charge in [0, 0.05) is 51.7 Å². The van der Waals surface area contributed by atoms with Gasteiger partial charge >= 0.3 is 0 Å². The highest BCUT2D eigenvalue weighted by molar-refractivity contribution is 5.78. The van der Waals surface area contributed by atoms with E-state index >= 15 is 0 Å². The molecule has 2 heterocycles. The zero-order valence-electron chi connectivity index (χ0n) is 31.7. The Kier molecular flexibility index (Phi) is 14.4. The van der Waals surface area contributed by atoms with Gasteiger partial charge in [-0.15, -0.1) is 0 Å². The summed E-state index contributed by atoms with van der Waals surface area (Å²) in [5.41, 5.74) is 7.47. The van der Waals surface area contributed by atoms with Crippen LogP contribution in [0.15, 0.2) is 42.5 Å². The van der Waals surface area contributed by atoms with Crippen molar-refractivity contribution in [2.75, 3.05) is 32.7 Å². The van der Waals surface area contributed by atoms with Gasteiger partial charge in [-0.1, -0.05) is 105 Å². The van der Waals surface area contributed by atoms with Crippen molar-refractivity contribution in [3.8, 4) is 0 Å². The van der Waals surface area contributed by atoms with Crippen molar-refractivity contribution in [2.24, 2.45) is 17.8 Å². The molecule has 0 saturated carbocycles. The Labute approximate surface area is 289 Å². The van der Waals surface area contributed by atoms with Gasteiger partial charge in [0.1, 0.15) is 0 Å². The molecular formula is C43H69N3O. The normalized spacial score (nSPS) is 19.5. The minimum absolute atomic E-state index is 0.304. The first kappa shape index (κ1) is 37.6. The first-order chi connectivity index (χ1) is 22.5. The number of rotatable bonds is 17. The van der Waals surface area contributed by atoms with Crippen LogP contribution in [-0.4, -0.2) is 54.5 Å². The number of carbonyl (C=O) groups excluding carboxylic acids is 1. The lowest BCUT2D eigenvalue weighted by Gasteiger charge is -2.34. The maximum atomic E-state index is 13.0. The number of nitrogens with one attached hydrogen (secondary N) is 1. The predicted molar refractivity (Wildman–Crippen MR) is 201 cm³/mol. The Hall–Kier alpha value is -2.17. The molecule has 47 heavy (non-hydrogen) atoms. The first-order valence-electron chi connectivity index (χ1n) is 19.4.